The topological polar surface area (TPSA) is 115 Å². The van der Waals surface area contributed by atoms with Crippen molar-refractivity contribution >= 4 is 33.0 Å². The Hall–Kier alpha value is 0.210. The van der Waals surface area contributed by atoms with Crippen molar-refractivity contribution in [2.75, 3.05) is 39.5 Å². The van der Waals surface area contributed by atoms with Crippen molar-refractivity contribution in [3.8, 4) is 0 Å². The van der Waals surface area contributed by atoms with Gasteiger partial charge in [-0.1, -0.05) is 0 Å². The first kappa shape index (κ1) is 37.2. The molecule has 3 fully saturated rings. The van der Waals surface area contributed by atoms with Gasteiger partial charge >= 0.3 is 0 Å². The standard InChI is InChI=1S/3C9H19NO2S/c3*1-9(2,3)13(11)10-7-8-5-4-6-12-8/h3*8,10H,4-7H2,1-3H3/t2*8-,13?;/m10./s1. The van der Waals surface area contributed by atoms with Crippen molar-refractivity contribution in [1.29, 1.82) is 0 Å². The van der Waals surface area contributed by atoms with E-state index in [0.717, 1.165) is 58.3 Å². The van der Waals surface area contributed by atoms with Crippen LogP contribution >= 0.6 is 0 Å². The van der Waals surface area contributed by atoms with Crippen LogP contribution in [0.2, 0.25) is 0 Å². The zero-order chi connectivity index (χ0) is 29.7. The third-order valence-corrected chi connectivity index (χ3v) is 10.7. The molecule has 3 N–H and O–H groups in total. The van der Waals surface area contributed by atoms with Gasteiger partial charge in [0.05, 0.1) is 65.5 Å². The fourth-order valence-electron chi connectivity index (χ4n) is 3.57. The largest absolute Gasteiger partial charge is 0.377 e. The second-order valence-electron chi connectivity index (χ2n) is 13.1. The molecule has 39 heavy (non-hydrogen) atoms. The summed E-state index contributed by atoms with van der Waals surface area (Å²) >= 11 is 0. The molecule has 12 heteroatoms. The van der Waals surface area contributed by atoms with Gasteiger partial charge in [-0.05, 0) is 101 Å². The number of hydrogen-bond donors (Lipinski definition) is 3. The minimum atomic E-state index is -0.963. The zero-order valence-electron chi connectivity index (χ0n) is 25.9. The second-order valence-corrected chi connectivity index (χ2v) is 19.2. The summed E-state index contributed by atoms with van der Waals surface area (Å²) in [5.41, 5.74) is 0. The van der Waals surface area contributed by atoms with Crippen LogP contribution in [-0.2, 0) is 47.2 Å². The Morgan fingerprint density at radius 1 is 0.513 bits per heavy atom. The van der Waals surface area contributed by atoms with Crippen molar-refractivity contribution in [3.63, 3.8) is 0 Å². The minimum absolute atomic E-state index is 0.182. The average molecular weight is 616 g/mol. The molecule has 0 radical (unpaired) electrons. The van der Waals surface area contributed by atoms with Crippen LogP contribution in [0.5, 0.6) is 0 Å². The first-order valence-electron chi connectivity index (χ1n) is 14.3. The Kier molecular flexibility index (Phi) is 17.2. The first-order valence-corrected chi connectivity index (χ1v) is 17.8. The molecule has 0 bridgehead atoms. The SMILES string of the molecule is CC(C)(C)S(=O)NCC1CCCO1.CC(C)(C)S(=O)NC[C@@H]1CCCO1.CC(C)(C)S(=O)NC[C@H]1CCCO1. The van der Waals surface area contributed by atoms with Gasteiger partial charge in [0, 0.05) is 39.5 Å². The Balaban J connectivity index is 0.000000292. The van der Waals surface area contributed by atoms with Gasteiger partial charge in [-0.15, -0.1) is 0 Å². The molecule has 0 aliphatic carbocycles. The van der Waals surface area contributed by atoms with E-state index in [9.17, 15) is 12.6 Å². The van der Waals surface area contributed by atoms with E-state index in [1.807, 2.05) is 62.3 Å². The minimum Gasteiger partial charge on any atom is -0.377 e. The zero-order valence-corrected chi connectivity index (χ0v) is 28.3. The van der Waals surface area contributed by atoms with Gasteiger partial charge in [-0.2, -0.15) is 0 Å². The molecular weight excluding hydrogens is 559 g/mol. The summed E-state index contributed by atoms with van der Waals surface area (Å²) in [6, 6.07) is 0. The van der Waals surface area contributed by atoms with Crippen LogP contribution < -0.4 is 14.2 Å². The third-order valence-electron chi connectivity index (χ3n) is 6.07. The van der Waals surface area contributed by atoms with Gasteiger partial charge in [0.2, 0.25) is 0 Å². The van der Waals surface area contributed by atoms with Gasteiger partial charge < -0.3 is 14.2 Å². The fourth-order valence-corrected chi connectivity index (χ4v) is 5.88. The molecule has 4 unspecified atom stereocenters. The number of rotatable bonds is 9. The summed E-state index contributed by atoms with van der Waals surface area (Å²) < 4.78 is 59.4. The molecule has 0 spiro atoms. The summed E-state index contributed by atoms with van der Waals surface area (Å²) in [5.74, 6) is 0. The molecule has 3 heterocycles. The van der Waals surface area contributed by atoms with E-state index >= 15 is 0 Å². The van der Waals surface area contributed by atoms with Crippen LogP contribution in [0.1, 0.15) is 101 Å². The van der Waals surface area contributed by atoms with E-state index in [4.69, 9.17) is 14.2 Å². The lowest BCUT2D eigenvalue weighted by atomic mass is 10.2. The maximum atomic E-state index is 11.6. The van der Waals surface area contributed by atoms with Crippen LogP contribution in [0.25, 0.3) is 0 Å². The molecule has 0 aromatic rings. The van der Waals surface area contributed by atoms with Crippen molar-refractivity contribution in [2.24, 2.45) is 0 Å². The van der Waals surface area contributed by atoms with Crippen molar-refractivity contribution in [1.82, 2.24) is 14.2 Å². The maximum absolute atomic E-state index is 11.6. The average Bonchev–Trinajstić information content (AvgIpc) is 3.62. The lowest BCUT2D eigenvalue weighted by Crippen LogP contribution is -2.37. The molecule has 9 nitrogen and oxygen atoms in total. The van der Waals surface area contributed by atoms with Gasteiger partial charge in [0.25, 0.3) is 0 Å². The van der Waals surface area contributed by atoms with E-state index in [0.29, 0.717) is 19.6 Å². The van der Waals surface area contributed by atoms with Crippen LogP contribution in [0.3, 0.4) is 0 Å². The van der Waals surface area contributed by atoms with Gasteiger partial charge in [0.1, 0.15) is 0 Å². The summed E-state index contributed by atoms with van der Waals surface area (Å²) in [6.07, 6.45) is 7.48. The summed E-state index contributed by atoms with van der Waals surface area (Å²) in [5, 5.41) is 0. The number of hydrogen-bond acceptors (Lipinski definition) is 6. The Morgan fingerprint density at radius 3 is 0.897 bits per heavy atom. The van der Waals surface area contributed by atoms with Crippen LogP contribution in [0.4, 0.5) is 0 Å². The Bertz CT molecular complexity index is 647. The maximum Gasteiger partial charge on any atom is 0.0971 e. The summed E-state index contributed by atoms with van der Waals surface area (Å²) in [4.78, 5) is 0. The lowest BCUT2D eigenvalue weighted by molar-refractivity contribution is 0.114. The van der Waals surface area contributed by atoms with E-state index in [-0.39, 0.29) is 32.6 Å². The van der Waals surface area contributed by atoms with E-state index in [2.05, 4.69) is 14.2 Å². The normalized spacial score (nSPS) is 26.2. The first-order chi connectivity index (χ1) is 18.0. The molecular formula is C27H57N3O6S3. The fraction of sp³-hybridized carbons (Fsp3) is 1.00. The number of ether oxygens (including phenoxy) is 3. The smallest absolute Gasteiger partial charge is 0.0971 e. The highest BCUT2D eigenvalue weighted by Crippen LogP contribution is 2.15. The predicted molar refractivity (Wildman–Crippen MR) is 165 cm³/mol. The van der Waals surface area contributed by atoms with E-state index in [1.54, 1.807) is 0 Å². The molecule has 3 saturated heterocycles. The lowest BCUT2D eigenvalue weighted by Gasteiger charge is -2.19. The molecule has 0 amide bonds. The van der Waals surface area contributed by atoms with Crippen LogP contribution in [0, 0.1) is 0 Å². The summed E-state index contributed by atoms with van der Waals surface area (Å²) in [6.45, 7) is 22.4. The van der Waals surface area contributed by atoms with Crippen molar-refractivity contribution in [2.45, 2.75) is 133 Å². The van der Waals surface area contributed by atoms with E-state index in [1.165, 1.54) is 0 Å². The van der Waals surface area contributed by atoms with Crippen LogP contribution in [-0.4, -0.2) is 84.6 Å². The molecule has 3 aliphatic rings. The van der Waals surface area contributed by atoms with Crippen molar-refractivity contribution in [3.05, 3.63) is 0 Å². The molecule has 3 aliphatic heterocycles. The highest BCUT2D eigenvalue weighted by Gasteiger charge is 2.24. The van der Waals surface area contributed by atoms with Crippen molar-refractivity contribution < 1.29 is 26.8 Å². The Morgan fingerprint density at radius 2 is 0.744 bits per heavy atom. The number of nitrogens with one attached hydrogen (secondary N) is 3. The van der Waals surface area contributed by atoms with Crippen LogP contribution in [0.15, 0.2) is 0 Å². The van der Waals surface area contributed by atoms with Gasteiger partial charge in [0.15, 0.2) is 0 Å². The second kappa shape index (κ2) is 18.0. The molecule has 0 aromatic carbocycles. The highest BCUT2D eigenvalue weighted by atomic mass is 32.2. The quantitative estimate of drug-likeness (QED) is 0.365. The Labute approximate surface area is 246 Å². The monoisotopic (exact) mass is 615 g/mol. The molecule has 234 valence electrons. The van der Waals surface area contributed by atoms with Gasteiger partial charge in [-0.25, -0.2) is 26.8 Å². The van der Waals surface area contributed by atoms with Gasteiger partial charge in [-0.3, -0.25) is 0 Å². The third kappa shape index (κ3) is 17.0. The molecule has 6 atom stereocenters. The predicted octanol–water partition coefficient (Wildman–Crippen LogP) is 3.65. The van der Waals surface area contributed by atoms with E-state index < -0.39 is 33.0 Å². The highest BCUT2D eigenvalue weighted by molar-refractivity contribution is 7.84. The summed E-state index contributed by atoms with van der Waals surface area (Å²) in [7, 11) is -2.89. The molecule has 0 aromatic heterocycles. The molecule has 0 saturated carbocycles. The molecule has 3 rings (SSSR count).